The number of aromatic nitrogens is 6. The molecular formula is C17H19N9OS. The van der Waals surface area contributed by atoms with Crippen LogP contribution in [0.1, 0.15) is 26.8 Å². The van der Waals surface area contributed by atoms with Crippen molar-refractivity contribution in [1.82, 2.24) is 34.5 Å². The first-order valence-electron chi connectivity index (χ1n) is 8.51. The van der Waals surface area contributed by atoms with E-state index in [1.807, 2.05) is 26.4 Å². The molecule has 0 fully saturated rings. The van der Waals surface area contributed by atoms with E-state index in [1.54, 1.807) is 32.7 Å². The highest BCUT2D eigenvalue weighted by Gasteiger charge is 2.18. The van der Waals surface area contributed by atoms with E-state index >= 15 is 0 Å². The minimum absolute atomic E-state index is 0.470. The fourth-order valence-electron chi connectivity index (χ4n) is 2.92. The maximum atomic E-state index is 11.6. The summed E-state index contributed by atoms with van der Waals surface area (Å²) < 4.78 is 4.44. The van der Waals surface area contributed by atoms with Crippen molar-refractivity contribution in [3.05, 3.63) is 46.5 Å². The molecule has 0 atom stereocenters. The molecule has 0 spiro atoms. The number of nitrogens with two attached hydrogens (primary N) is 1. The molecule has 4 rings (SSSR count). The summed E-state index contributed by atoms with van der Waals surface area (Å²) in [6, 6.07) is 3.63. The Morgan fingerprint density at radius 3 is 2.96 bits per heavy atom. The normalized spacial score (nSPS) is 11.6. The molecule has 0 saturated carbocycles. The number of hydrogen-bond donors (Lipinski definition) is 2. The van der Waals surface area contributed by atoms with Crippen molar-refractivity contribution in [2.75, 3.05) is 12.8 Å². The highest BCUT2D eigenvalue weighted by atomic mass is 32.1. The number of nitrogens with one attached hydrogen (secondary N) is 1. The fraction of sp³-hybridized carbons (Fsp3) is 0.235. The predicted molar refractivity (Wildman–Crippen MR) is 107 cm³/mol. The molecule has 0 unspecified atom stereocenters. The van der Waals surface area contributed by atoms with Crippen molar-refractivity contribution in [3.63, 3.8) is 0 Å². The quantitative estimate of drug-likeness (QED) is 0.276. The minimum atomic E-state index is 0.470. The summed E-state index contributed by atoms with van der Waals surface area (Å²) in [5.74, 6) is 0.470. The third kappa shape index (κ3) is 3.39. The van der Waals surface area contributed by atoms with Crippen LogP contribution in [0, 0.1) is 0 Å². The number of fused-ring (bicyclic) bond motifs is 1. The average molecular weight is 397 g/mol. The van der Waals surface area contributed by atoms with Gasteiger partial charge in [0.2, 0.25) is 0 Å². The van der Waals surface area contributed by atoms with Gasteiger partial charge in [0.05, 0.1) is 35.4 Å². The molecule has 0 saturated heterocycles. The molecule has 4 heterocycles. The van der Waals surface area contributed by atoms with Crippen molar-refractivity contribution >= 4 is 40.0 Å². The summed E-state index contributed by atoms with van der Waals surface area (Å²) >= 11 is 1.52. The van der Waals surface area contributed by atoms with Gasteiger partial charge >= 0.3 is 0 Å². The molecule has 0 amide bonds. The van der Waals surface area contributed by atoms with E-state index in [1.165, 1.54) is 11.3 Å². The molecular weight excluding hydrogens is 378 g/mol. The number of hydrogen-bond acceptors (Lipinski definition) is 8. The second kappa shape index (κ2) is 7.27. The number of nitrogens with zero attached hydrogens (tertiary/aromatic N) is 7. The maximum Gasteiger partial charge on any atom is 0.167 e. The van der Waals surface area contributed by atoms with Gasteiger partial charge in [0.15, 0.2) is 11.9 Å². The smallest absolute Gasteiger partial charge is 0.167 e. The summed E-state index contributed by atoms with van der Waals surface area (Å²) in [5, 5.41) is 18.2. The topological polar surface area (TPSA) is 123 Å². The number of carbonyl (C=O) groups excluding carboxylic acids is 1. The van der Waals surface area contributed by atoms with Crippen LogP contribution in [0.25, 0.3) is 10.3 Å². The number of hydrazone groups is 1. The molecule has 0 bridgehead atoms. The van der Waals surface area contributed by atoms with Gasteiger partial charge in [0.1, 0.15) is 10.8 Å². The first-order chi connectivity index (χ1) is 13.5. The van der Waals surface area contributed by atoms with E-state index in [9.17, 15) is 4.79 Å². The van der Waals surface area contributed by atoms with Gasteiger partial charge in [-0.1, -0.05) is 0 Å². The number of nitrogen functional groups attached to an aromatic ring is 1. The van der Waals surface area contributed by atoms with Crippen molar-refractivity contribution in [3.8, 4) is 0 Å². The van der Waals surface area contributed by atoms with Crippen LogP contribution < -0.4 is 5.73 Å². The van der Waals surface area contributed by atoms with Gasteiger partial charge in [-0.05, 0) is 12.1 Å². The lowest BCUT2D eigenvalue weighted by atomic mass is 10.3. The highest BCUT2D eigenvalue weighted by Crippen LogP contribution is 2.29. The monoisotopic (exact) mass is 397 g/mol. The third-order valence-corrected chi connectivity index (χ3v) is 5.32. The lowest BCUT2D eigenvalue weighted by molar-refractivity contribution is 0.111. The average Bonchev–Trinajstić information content (AvgIpc) is 3.42. The summed E-state index contributed by atoms with van der Waals surface area (Å²) in [5.41, 5.74) is 8.60. The molecule has 0 aromatic carbocycles. The molecule has 0 radical (unpaired) electrons. The Bertz CT molecular complexity index is 1140. The molecule has 3 N–H and O–H groups in total. The number of rotatable bonds is 7. The standard InChI is InChI=1S/C17H19N9OS/c1-24(8-11-3-5-19-22-11)20-7-12-13(10-27)25(2)17-16(12)28-15(21-17)9-26-6-4-14(18)23-26/h3-7,10H,8-9H2,1-2H3,(H2,18,23)(H,19,22)/b20-7-. The molecule has 10 nitrogen and oxygen atoms in total. The summed E-state index contributed by atoms with van der Waals surface area (Å²) in [6.07, 6.45) is 6.11. The SMILES string of the molecule is CN(Cc1cc[nH]n1)/N=C\c1c(C=O)n(C)c2nc(Cn3ccc(N)n3)sc12. The lowest BCUT2D eigenvalue weighted by Gasteiger charge is -2.10. The Morgan fingerprint density at radius 2 is 2.29 bits per heavy atom. The van der Waals surface area contributed by atoms with Gasteiger partial charge in [-0.3, -0.25) is 19.6 Å². The Morgan fingerprint density at radius 1 is 1.43 bits per heavy atom. The summed E-state index contributed by atoms with van der Waals surface area (Å²) in [4.78, 5) is 16.3. The van der Waals surface area contributed by atoms with Gasteiger partial charge in [-0.2, -0.15) is 15.3 Å². The van der Waals surface area contributed by atoms with Crippen LogP contribution in [0.3, 0.4) is 0 Å². The number of thiazole rings is 1. The van der Waals surface area contributed by atoms with Crippen LogP contribution in [0.5, 0.6) is 0 Å². The summed E-state index contributed by atoms with van der Waals surface area (Å²) in [7, 11) is 3.68. The number of aromatic amines is 1. The highest BCUT2D eigenvalue weighted by molar-refractivity contribution is 7.19. The van der Waals surface area contributed by atoms with Gasteiger partial charge in [0, 0.05) is 32.1 Å². The number of carbonyl (C=O) groups is 1. The first-order valence-corrected chi connectivity index (χ1v) is 9.32. The zero-order valence-electron chi connectivity index (χ0n) is 15.4. The van der Waals surface area contributed by atoms with E-state index in [-0.39, 0.29) is 0 Å². The molecule has 11 heteroatoms. The largest absolute Gasteiger partial charge is 0.382 e. The van der Waals surface area contributed by atoms with E-state index in [0.29, 0.717) is 24.6 Å². The van der Waals surface area contributed by atoms with Crippen LogP contribution in [-0.4, -0.2) is 54.1 Å². The second-order valence-corrected chi connectivity index (χ2v) is 7.38. The first kappa shape index (κ1) is 17.9. The molecule has 0 aliphatic carbocycles. The van der Waals surface area contributed by atoms with Gasteiger partial charge in [0.25, 0.3) is 0 Å². The van der Waals surface area contributed by atoms with Crippen molar-refractivity contribution in [2.45, 2.75) is 13.1 Å². The Balaban J connectivity index is 1.63. The van der Waals surface area contributed by atoms with E-state index < -0.39 is 0 Å². The molecule has 4 aromatic heterocycles. The minimum Gasteiger partial charge on any atom is -0.382 e. The molecule has 0 aliphatic heterocycles. The van der Waals surface area contributed by atoms with Crippen LogP contribution in [0.2, 0.25) is 0 Å². The van der Waals surface area contributed by atoms with Crippen molar-refractivity contribution in [2.24, 2.45) is 12.1 Å². The third-order valence-electron chi connectivity index (χ3n) is 4.26. The fourth-order valence-corrected chi connectivity index (χ4v) is 4.02. The van der Waals surface area contributed by atoms with Gasteiger partial charge < -0.3 is 10.3 Å². The number of H-pyrrole nitrogens is 1. The Labute approximate surface area is 164 Å². The van der Waals surface area contributed by atoms with Crippen LogP contribution in [0.4, 0.5) is 5.82 Å². The van der Waals surface area contributed by atoms with Crippen LogP contribution >= 0.6 is 11.3 Å². The zero-order valence-corrected chi connectivity index (χ0v) is 16.2. The Hall–Kier alpha value is -3.47. The Kier molecular flexibility index (Phi) is 4.65. The lowest BCUT2D eigenvalue weighted by Crippen LogP contribution is -2.11. The molecule has 144 valence electrons. The maximum absolute atomic E-state index is 11.6. The van der Waals surface area contributed by atoms with Gasteiger partial charge in [-0.25, -0.2) is 4.98 Å². The van der Waals surface area contributed by atoms with E-state index in [0.717, 1.165) is 32.9 Å². The van der Waals surface area contributed by atoms with Crippen LogP contribution in [0.15, 0.2) is 29.6 Å². The van der Waals surface area contributed by atoms with Gasteiger partial charge in [-0.15, -0.1) is 11.3 Å². The van der Waals surface area contributed by atoms with Crippen LogP contribution in [-0.2, 0) is 20.1 Å². The summed E-state index contributed by atoms with van der Waals surface area (Å²) in [6.45, 7) is 1.07. The second-order valence-electron chi connectivity index (χ2n) is 6.30. The van der Waals surface area contributed by atoms with E-state index in [2.05, 4.69) is 25.4 Å². The van der Waals surface area contributed by atoms with Crippen molar-refractivity contribution < 1.29 is 4.79 Å². The zero-order chi connectivity index (χ0) is 19.7. The van der Waals surface area contributed by atoms with E-state index in [4.69, 9.17) is 5.73 Å². The van der Waals surface area contributed by atoms with Crippen molar-refractivity contribution in [1.29, 1.82) is 0 Å². The number of aryl methyl sites for hydroxylation is 1. The molecule has 0 aliphatic rings. The molecule has 4 aromatic rings. The predicted octanol–water partition coefficient (Wildman–Crippen LogP) is 1.46. The number of aldehydes is 1. The molecule has 28 heavy (non-hydrogen) atoms. The number of anilines is 1.